The van der Waals surface area contributed by atoms with Gasteiger partial charge in [-0.3, -0.25) is 15.3 Å². The van der Waals surface area contributed by atoms with Crippen LogP contribution in [-0.2, 0) is 14.2 Å². The number of aliphatic hydroxyl groups is 1. The lowest BCUT2D eigenvalue weighted by atomic mass is 9.61. The zero-order chi connectivity index (χ0) is 17.0. The molecule has 3 rings (SSSR count). The molecular weight excluding hydrogens is 304 g/mol. The number of fused-ring (bicyclic) bond motifs is 1. The number of hydrogen-bond acceptors (Lipinski definition) is 8. The van der Waals surface area contributed by atoms with Crippen molar-refractivity contribution in [3.63, 3.8) is 0 Å². The van der Waals surface area contributed by atoms with Crippen molar-refractivity contribution in [3.05, 3.63) is 22.7 Å². The molecule has 11 heteroatoms. The lowest BCUT2D eigenvalue weighted by molar-refractivity contribution is -0.206. The molecule has 23 heavy (non-hydrogen) atoms. The van der Waals surface area contributed by atoms with Crippen LogP contribution in [-0.4, -0.2) is 65.1 Å². The van der Waals surface area contributed by atoms with Crippen molar-refractivity contribution in [3.8, 4) is 0 Å². The SMILES string of the molecule is BC(B)(O)C1OC(n2ccc(NO)nc2=O)C2OC(C)(C)OC21. The maximum atomic E-state index is 12.2. The Bertz CT molecular complexity index is 661. The normalized spacial score (nSPS) is 32.7. The molecule has 1 aromatic rings. The first kappa shape index (κ1) is 16.5. The Morgan fingerprint density at radius 2 is 2.04 bits per heavy atom. The van der Waals surface area contributed by atoms with Gasteiger partial charge in [-0.2, -0.15) is 4.98 Å². The fraction of sp³-hybridized carbons (Fsp3) is 0.667. The maximum Gasteiger partial charge on any atom is 0.351 e. The van der Waals surface area contributed by atoms with Crippen molar-refractivity contribution in [1.29, 1.82) is 0 Å². The van der Waals surface area contributed by atoms with Gasteiger partial charge in [-0.05, 0) is 19.9 Å². The summed E-state index contributed by atoms with van der Waals surface area (Å²) in [6.45, 7) is 3.53. The molecule has 3 N–H and O–H groups in total. The van der Waals surface area contributed by atoms with E-state index in [0.717, 1.165) is 0 Å². The fourth-order valence-electron chi connectivity index (χ4n) is 3.04. The summed E-state index contributed by atoms with van der Waals surface area (Å²) < 4.78 is 18.8. The van der Waals surface area contributed by atoms with E-state index in [4.69, 9.17) is 19.4 Å². The number of nitrogens with one attached hydrogen (secondary N) is 1. The second kappa shape index (κ2) is 5.32. The molecule has 4 unspecified atom stereocenters. The smallest absolute Gasteiger partial charge is 0.351 e. The van der Waals surface area contributed by atoms with Crippen LogP contribution in [0.1, 0.15) is 20.1 Å². The van der Waals surface area contributed by atoms with Crippen LogP contribution in [0.15, 0.2) is 17.1 Å². The number of ether oxygens (including phenoxy) is 3. The zero-order valence-corrected chi connectivity index (χ0v) is 13.4. The number of rotatable bonds is 3. The van der Waals surface area contributed by atoms with Crippen LogP contribution in [0.25, 0.3) is 0 Å². The van der Waals surface area contributed by atoms with E-state index >= 15 is 0 Å². The zero-order valence-electron chi connectivity index (χ0n) is 13.4. The first-order valence-corrected chi connectivity index (χ1v) is 7.35. The summed E-state index contributed by atoms with van der Waals surface area (Å²) in [5.41, 5.74) is 1.20. The van der Waals surface area contributed by atoms with E-state index in [0.29, 0.717) is 0 Å². The van der Waals surface area contributed by atoms with Crippen molar-refractivity contribution < 1.29 is 24.5 Å². The van der Waals surface area contributed by atoms with Crippen molar-refractivity contribution in [2.75, 3.05) is 5.48 Å². The Balaban J connectivity index is 1.98. The third kappa shape index (κ3) is 2.90. The monoisotopic (exact) mass is 323 g/mol. The van der Waals surface area contributed by atoms with Gasteiger partial charge in [0.05, 0.1) is 0 Å². The van der Waals surface area contributed by atoms with Crippen molar-refractivity contribution in [2.45, 2.75) is 49.6 Å². The van der Waals surface area contributed by atoms with E-state index in [2.05, 4.69) is 4.98 Å². The quantitative estimate of drug-likeness (QED) is 0.409. The van der Waals surface area contributed by atoms with E-state index in [1.54, 1.807) is 29.5 Å². The highest BCUT2D eigenvalue weighted by Crippen LogP contribution is 2.44. The molecule has 2 fully saturated rings. The highest BCUT2D eigenvalue weighted by molar-refractivity contribution is 6.39. The van der Waals surface area contributed by atoms with Gasteiger partial charge in [0.1, 0.15) is 34.0 Å². The second-order valence-electron chi connectivity index (χ2n) is 6.78. The van der Waals surface area contributed by atoms with Crippen molar-refractivity contribution >= 4 is 21.5 Å². The number of anilines is 1. The minimum absolute atomic E-state index is 0.0313. The van der Waals surface area contributed by atoms with Crippen molar-refractivity contribution in [2.24, 2.45) is 0 Å². The molecule has 2 saturated heterocycles. The summed E-state index contributed by atoms with van der Waals surface area (Å²) in [6, 6.07) is 1.43. The third-order valence-electron chi connectivity index (χ3n) is 3.94. The summed E-state index contributed by atoms with van der Waals surface area (Å²) in [6.07, 6.45) is -1.09. The maximum absolute atomic E-state index is 12.2. The molecule has 0 aliphatic carbocycles. The van der Waals surface area contributed by atoms with E-state index in [1.807, 2.05) is 5.48 Å². The summed E-state index contributed by atoms with van der Waals surface area (Å²) in [7, 11) is 3.23. The van der Waals surface area contributed by atoms with Crippen LogP contribution in [0.5, 0.6) is 0 Å². The largest absolute Gasteiger partial charge is 0.405 e. The molecule has 0 spiro atoms. The Hall–Kier alpha value is -1.39. The molecule has 3 heterocycles. The molecular formula is C12H19B2N3O6. The van der Waals surface area contributed by atoms with Gasteiger partial charge in [0, 0.05) is 11.6 Å². The highest BCUT2D eigenvalue weighted by Gasteiger charge is 2.59. The summed E-state index contributed by atoms with van der Waals surface area (Å²) in [4.78, 5) is 15.8. The lowest BCUT2D eigenvalue weighted by Gasteiger charge is -2.31. The van der Waals surface area contributed by atoms with Gasteiger partial charge < -0.3 is 19.3 Å². The van der Waals surface area contributed by atoms with Gasteiger partial charge in [0.25, 0.3) is 0 Å². The molecule has 0 amide bonds. The molecule has 2 aliphatic rings. The van der Waals surface area contributed by atoms with Crippen LogP contribution >= 0.6 is 0 Å². The highest BCUT2D eigenvalue weighted by atomic mass is 16.8. The standard InChI is InChI=1S/C12H19B2N3O6/c1-11(2)22-6-7(23-11)9(21-8(6)12(13,14)19)17-4-3-5(16-20)15-10(17)18/h3-4,6-9,19-20H,13-14H2,1-2H3,(H,15,16,18). The van der Waals surface area contributed by atoms with Crippen LogP contribution < -0.4 is 11.2 Å². The predicted molar refractivity (Wildman–Crippen MR) is 83.7 cm³/mol. The summed E-state index contributed by atoms with van der Waals surface area (Å²) in [5, 5.41) is 18.0. The molecule has 4 atom stereocenters. The third-order valence-corrected chi connectivity index (χ3v) is 3.94. The molecule has 0 radical (unpaired) electrons. The first-order valence-electron chi connectivity index (χ1n) is 7.35. The minimum Gasteiger partial charge on any atom is -0.405 e. The molecule has 9 nitrogen and oxygen atoms in total. The van der Waals surface area contributed by atoms with E-state index in [1.165, 1.54) is 16.8 Å². The van der Waals surface area contributed by atoms with E-state index < -0.39 is 41.4 Å². The number of nitrogens with zero attached hydrogens (tertiary/aromatic N) is 2. The Morgan fingerprint density at radius 1 is 1.39 bits per heavy atom. The summed E-state index contributed by atoms with van der Waals surface area (Å²) >= 11 is 0. The Labute approximate surface area is 134 Å². The van der Waals surface area contributed by atoms with Crippen LogP contribution in [0.4, 0.5) is 5.82 Å². The van der Waals surface area contributed by atoms with Gasteiger partial charge in [-0.15, -0.1) is 0 Å². The van der Waals surface area contributed by atoms with Gasteiger partial charge in [0.2, 0.25) is 0 Å². The molecule has 0 saturated carbocycles. The number of hydrogen-bond donors (Lipinski definition) is 3. The lowest BCUT2D eigenvalue weighted by Crippen LogP contribution is -2.50. The Morgan fingerprint density at radius 3 is 2.61 bits per heavy atom. The van der Waals surface area contributed by atoms with Gasteiger partial charge in [-0.1, -0.05) is 0 Å². The van der Waals surface area contributed by atoms with Gasteiger partial charge in [-0.25, -0.2) is 4.79 Å². The van der Waals surface area contributed by atoms with Crippen LogP contribution in [0.2, 0.25) is 0 Å². The van der Waals surface area contributed by atoms with E-state index in [-0.39, 0.29) is 5.82 Å². The molecule has 124 valence electrons. The Kier molecular flexibility index (Phi) is 3.81. The summed E-state index contributed by atoms with van der Waals surface area (Å²) in [5.74, 6) is -0.812. The second-order valence-corrected chi connectivity index (χ2v) is 6.78. The molecule has 0 bridgehead atoms. The van der Waals surface area contributed by atoms with E-state index in [9.17, 15) is 9.90 Å². The number of aromatic nitrogens is 2. The van der Waals surface area contributed by atoms with Crippen LogP contribution in [0, 0.1) is 0 Å². The predicted octanol–water partition coefficient (Wildman–Crippen LogP) is -2.63. The van der Waals surface area contributed by atoms with Gasteiger partial charge in [0.15, 0.2) is 17.8 Å². The van der Waals surface area contributed by atoms with Crippen molar-refractivity contribution in [1.82, 2.24) is 9.55 Å². The minimum atomic E-state index is -1.18. The topological polar surface area (TPSA) is 115 Å². The molecule has 1 aromatic heterocycles. The van der Waals surface area contributed by atoms with Gasteiger partial charge >= 0.3 is 5.69 Å². The average Bonchev–Trinajstić information content (AvgIpc) is 2.91. The first-order chi connectivity index (χ1) is 10.6. The molecule has 2 aliphatic heterocycles. The fourth-order valence-corrected chi connectivity index (χ4v) is 3.04. The molecule has 0 aromatic carbocycles. The average molecular weight is 323 g/mol. The van der Waals surface area contributed by atoms with Crippen LogP contribution in [0.3, 0.4) is 0 Å².